The molecular formula is C19H22N4O. The van der Waals surface area contributed by atoms with Gasteiger partial charge in [-0.2, -0.15) is 0 Å². The van der Waals surface area contributed by atoms with Crippen LogP contribution in [0.1, 0.15) is 42.4 Å². The molecule has 1 aliphatic rings. The lowest BCUT2D eigenvalue weighted by atomic mass is 10.0. The molecule has 124 valence electrons. The van der Waals surface area contributed by atoms with Crippen LogP contribution in [0.5, 0.6) is 0 Å². The Kier molecular flexibility index (Phi) is 3.73. The van der Waals surface area contributed by atoms with E-state index >= 15 is 0 Å². The third-order valence-electron chi connectivity index (χ3n) is 4.79. The molecule has 0 atom stereocenters. The van der Waals surface area contributed by atoms with Crippen LogP contribution in [0.2, 0.25) is 0 Å². The van der Waals surface area contributed by atoms with E-state index in [1.807, 2.05) is 6.07 Å². The smallest absolute Gasteiger partial charge is 0.254 e. The molecule has 3 aromatic rings. The summed E-state index contributed by atoms with van der Waals surface area (Å²) in [4.78, 5) is 25.6. The second-order valence-electron chi connectivity index (χ2n) is 6.85. The van der Waals surface area contributed by atoms with Crippen molar-refractivity contribution in [3.05, 3.63) is 63.5 Å². The molecule has 0 saturated carbocycles. The molecule has 4 rings (SSSR count). The average Bonchev–Trinajstić information content (AvgIpc) is 2.97. The summed E-state index contributed by atoms with van der Waals surface area (Å²) in [7, 11) is 0. The minimum absolute atomic E-state index is 0.0374. The molecule has 2 aromatic heterocycles. The van der Waals surface area contributed by atoms with E-state index in [0.717, 1.165) is 43.1 Å². The number of nitrogens with zero attached hydrogens (tertiary/aromatic N) is 2. The molecule has 0 fully saturated rings. The number of hydrogen-bond acceptors (Lipinski definition) is 3. The van der Waals surface area contributed by atoms with Gasteiger partial charge in [-0.3, -0.25) is 9.69 Å². The molecule has 1 aliphatic heterocycles. The number of fused-ring (bicyclic) bond motifs is 2. The van der Waals surface area contributed by atoms with E-state index in [4.69, 9.17) is 4.98 Å². The molecule has 2 N–H and O–H groups in total. The number of hydrogen-bond donors (Lipinski definition) is 2. The first kappa shape index (κ1) is 15.1. The van der Waals surface area contributed by atoms with Crippen molar-refractivity contribution in [3.8, 4) is 0 Å². The maximum atomic E-state index is 12.3. The quantitative estimate of drug-likeness (QED) is 0.779. The highest BCUT2D eigenvalue weighted by Crippen LogP contribution is 2.22. The predicted octanol–water partition coefficient (Wildman–Crippen LogP) is 2.93. The Labute approximate surface area is 140 Å². The summed E-state index contributed by atoms with van der Waals surface area (Å²) in [6, 6.07) is 8.36. The van der Waals surface area contributed by atoms with E-state index in [1.165, 1.54) is 16.5 Å². The van der Waals surface area contributed by atoms with Crippen LogP contribution in [0.3, 0.4) is 0 Å². The van der Waals surface area contributed by atoms with Gasteiger partial charge in [0.05, 0.1) is 5.69 Å². The molecular weight excluding hydrogens is 300 g/mol. The van der Waals surface area contributed by atoms with E-state index in [9.17, 15) is 4.79 Å². The predicted molar refractivity (Wildman–Crippen MR) is 95.1 cm³/mol. The van der Waals surface area contributed by atoms with Crippen molar-refractivity contribution in [2.45, 2.75) is 39.3 Å². The summed E-state index contributed by atoms with van der Waals surface area (Å²) >= 11 is 0. The maximum Gasteiger partial charge on any atom is 0.254 e. The topological polar surface area (TPSA) is 64.8 Å². The van der Waals surface area contributed by atoms with Crippen molar-refractivity contribution in [2.24, 2.45) is 0 Å². The lowest BCUT2D eigenvalue weighted by molar-refractivity contribution is 0.240. The number of para-hydroxylation sites is 1. The summed E-state index contributed by atoms with van der Waals surface area (Å²) in [5.41, 5.74) is 4.29. The Hall–Kier alpha value is -2.40. The zero-order chi connectivity index (χ0) is 16.7. The second-order valence-corrected chi connectivity index (χ2v) is 6.85. The van der Waals surface area contributed by atoms with Crippen LogP contribution in [-0.2, 0) is 19.5 Å². The molecule has 0 saturated heterocycles. The minimum Gasteiger partial charge on any atom is -0.361 e. The van der Waals surface area contributed by atoms with Crippen LogP contribution in [0, 0.1) is 0 Å². The van der Waals surface area contributed by atoms with Crippen molar-refractivity contribution in [2.75, 3.05) is 6.54 Å². The Bertz CT molecular complexity index is 938. The first-order valence-corrected chi connectivity index (χ1v) is 8.51. The molecule has 0 unspecified atom stereocenters. The summed E-state index contributed by atoms with van der Waals surface area (Å²) in [5.74, 6) is 1.01. The highest BCUT2D eigenvalue weighted by atomic mass is 16.1. The zero-order valence-electron chi connectivity index (χ0n) is 14.1. The number of aromatic nitrogens is 3. The van der Waals surface area contributed by atoms with Gasteiger partial charge in [0, 0.05) is 48.2 Å². The average molecular weight is 322 g/mol. The Morgan fingerprint density at radius 1 is 1.29 bits per heavy atom. The van der Waals surface area contributed by atoms with Crippen LogP contribution in [-0.4, -0.2) is 26.4 Å². The first-order chi connectivity index (χ1) is 11.6. The molecule has 0 bridgehead atoms. The Morgan fingerprint density at radius 3 is 2.96 bits per heavy atom. The number of aromatic amines is 2. The van der Waals surface area contributed by atoms with Gasteiger partial charge in [0.15, 0.2) is 0 Å². The Morgan fingerprint density at radius 2 is 2.12 bits per heavy atom. The van der Waals surface area contributed by atoms with Crippen molar-refractivity contribution >= 4 is 10.9 Å². The fourth-order valence-corrected chi connectivity index (χ4v) is 3.42. The van der Waals surface area contributed by atoms with Crippen molar-refractivity contribution < 1.29 is 0 Å². The van der Waals surface area contributed by atoms with E-state index in [-0.39, 0.29) is 11.5 Å². The highest BCUT2D eigenvalue weighted by molar-refractivity contribution is 5.82. The van der Waals surface area contributed by atoms with Crippen LogP contribution in [0.25, 0.3) is 10.9 Å². The van der Waals surface area contributed by atoms with Crippen LogP contribution >= 0.6 is 0 Å². The van der Waals surface area contributed by atoms with Gasteiger partial charge in [-0.15, -0.1) is 0 Å². The van der Waals surface area contributed by atoms with Gasteiger partial charge < -0.3 is 9.97 Å². The summed E-state index contributed by atoms with van der Waals surface area (Å²) in [6.07, 6.45) is 2.85. The third kappa shape index (κ3) is 2.65. The largest absolute Gasteiger partial charge is 0.361 e. The van der Waals surface area contributed by atoms with E-state index < -0.39 is 0 Å². The van der Waals surface area contributed by atoms with Gasteiger partial charge in [0.25, 0.3) is 5.56 Å². The molecule has 1 aromatic carbocycles. The van der Waals surface area contributed by atoms with Crippen molar-refractivity contribution in [3.63, 3.8) is 0 Å². The SMILES string of the molecule is CC(C)c1nc2c(c(=O)[nH]1)CCN(Cc1c[nH]c3ccccc13)C2. The number of benzene rings is 1. The molecule has 3 heterocycles. The number of H-pyrrole nitrogens is 2. The van der Waals surface area contributed by atoms with Crippen LogP contribution < -0.4 is 5.56 Å². The minimum atomic E-state index is 0.0374. The van der Waals surface area contributed by atoms with Gasteiger partial charge in [0.1, 0.15) is 5.82 Å². The number of nitrogens with one attached hydrogen (secondary N) is 2. The van der Waals surface area contributed by atoms with Crippen molar-refractivity contribution in [1.29, 1.82) is 0 Å². The summed E-state index contributed by atoms with van der Waals surface area (Å²) in [5, 5.41) is 1.27. The summed E-state index contributed by atoms with van der Waals surface area (Å²) < 4.78 is 0. The molecule has 5 heteroatoms. The van der Waals surface area contributed by atoms with Gasteiger partial charge in [-0.1, -0.05) is 32.0 Å². The lowest BCUT2D eigenvalue weighted by Crippen LogP contribution is -2.35. The Balaban J connectivity index is 1.61. The lowest BCUT2D eigenvalue weighted by Gasteiger charge is -2.27. The van der Waals surface area contributed by atoms with Gasteiger partial charge >= 0.3 is 0 Å². The second kappa shape index (κ2) is 5.91. The number of rotatable bonds is 3. The van der Waals surface area contributed by atoms with Gasteiger partial charge in [-0.25, -0.2) is 4.98 Å². The molecule has 0 amide bonds. The molecule has 0 spiro atoms. The normalized spacial score (nSPS) is 15.1. The van der Waals surface area contributed by atoms with E-state index in [2.05, 4.69) is 53.1 Å². The molecule has 0 radical (unpaired) electrons. The van der Waals surface area contributed by atoms with E-state index in [1.54, 1.807) is 0 Å². The summed E-state index contributed by atoms with van der Waals surface area (Å²) in [6.45, 7) is 6.60. The van der Waals surface area contributed by atoms with Crippen LogP contribution in [0.15, 0.2) is 35.3 Å². The standard InChI is InChI=1S/C19H22N4O/c1-12(2)18-21-17-11-23(8-7-15(17)19(24)22-18)10-13-9-20-16-6-4-3-5-14(13)16/h3-6,9,12,20H,7-8,10-11H2,1-2H3,(H,21,22,24). The monoisotopic (exact) mass is 322 g/mol. The highest BCUT2D eigenvalue weighted by Gasteiger charge is 2.22. The van der Waals surface area contributed by atoms with Crippen LogP contribution in [0.4, 0.5) is 0 Å². The van der Waals surface area contributed by atoms with E-state index in [0.29, 0.717) is 0 Å². The third-order valence-corrected chi connectivity index (χ3v) is 4.79. The first-order valence-electron chi connectivity index (χ1n) is 8.51. The zero-order valence-corrected chi connectivity index (χ0v) is 14.1. The molecule has 0 aliphatic carbocycles. The fraction of sp³-hybridized carbons (Fsp3) is 0.368. The van der Waals surface area contributed by atoms with Gasteiger partial charge in [-0.05, 0) is 18.1 Å². The van der Waals surface area contributed by atoms with Gasteiger partial charge in [0.2, 0.25) is 0 Å². The molecule has 24 heavy (non-hydrogen) atoms. The maximum absolute atomic E-state index is 12.3. The molecule has 5 nitrogen and oxygen atoms in total. The van der Waals surface area contributed by atoms with Crippen molar-refractivity contribution in [1.82, 2.24) is 19.9 Å². The fourth-order valence-electron chi connectivity index (χ4n) is 3.42.